The lowest BCUT2D eigenvalue weighted by atomic mass is 9.89. The monoisotopic (exact) mass is 461 g/mol. The van der Waals surface area contributed by atoms with E-state index in [0.29, 0.717) is 17.9 Å². The summed E-state index contributed by atoms with van der Waals surface area (Å²) in [6.07, 6.45) is 0.832. The number of carbonyl (C=O) groups excluding carboxylic acids is 3. The predicted molar refractivity (Wildman–Crippen MR) is 116 cm³/mol. The first-order chi connectivity index (χ1) is 15.6. The van der Waals surface area contributed by atoms with Gasteiger partial charge in [0.2, 0.25) is 6.79 Å². The Kier molecular flexibility index (Phi) is 6.16. The highest BCUT2D eigenvalue weighted by Crippen LogP contribution is 2.51. The number of ether oxygens (including phenoxy) is 5. The van der Waals surface area contributed by atoms with Gasteiger partial charge in [-0.1, -0.05) is 6.07 Å². The van der Waals surface area contributed by atoms with Gasteiger partial charge in [-0.25, -0.2) is 9.59 Å². The molecule has 2 heterocycles. The van der Waals surface area contributed by atoms with Crippen LogP contribution in [0.2, 0.25) is 0 Å². The Morgan fingerprint density at radius 1 is 1.12 bits per heavy atom. The SMILES string of the molecule is COC(=O)[C@@H]1C[C@@H]2CC[C@@H]([C@H](OC(C)=O)c3ccc4c(c3)OCO4)[C@@H]2N1C(=O)OC(C)(C)C. The van der Waals surface area contributed by atoms with Crippen molar-refractivity contribution < 1.29 is 38.1 Å². The van der Waals surface area contributed by atoms with E-state index in [1.807, 2.05) is 12.1 Å². The number of likely N-dealkylation sites (tertiary alicyclic amines) is 1. The molecule has 5 atom stereocenters. The van der Waals surface area contributed by atoms with E-state index in [9.17, 15) is 14.4 Å². The van der Waals surface area contributed by atoms with E-state index in [1.54, 1.807) is 26.8 Å². The Hall–Kier alpha value is -2.97. The molecule has 2 aliphatic heterocycles. The zero-order valence-corrected chi connectivity index (χ0v) is 19.7. The van der Waals surface area contributed by atoms with Crippen LogP contribution in [0, 0.1) is 11.8 Å². The standard InChI is InChI=1S/C24H31NO8/c1-13(26)32-21(15-7-9-18-19(11-15)31-12-30-18)16-8-6-14-10-17(22(27)29-5)25(20(14)16)23(28)33-24(2,3)4/h7,9,11,14,16-17,20-21H,6,8,10,12H2,1-5H3/t14-,16+,17-,20+,21+/m0/s1. The van der Waals surface area contributed by atoms with E-state index in [1.165, 1.54) is 18.9 Å². The maximum atomic E-state index is 13.3. The molecule has 0 aromatic heterocycles. The van der Waals surface area contributed by atoms with Crippen molar-refractivity contribution >= 4 is 18.0 Å². The lowest BCUT2D eigenvalue weighted by Crippen LogP contribution is -2.50. The number of carbonyl (C=O) groups is 3. The molecule has 180 valence electrons. The number of rotatable bonds is 4. The Balaban J connectivity index is 1.70. The first kappa shape index (κ1) is 23.2. The highest BCUT2D eigenvalue weighted by atomic mass is 16.7. The average Bonchev–Trinajstić information content (AvgIpc) is 3.44. The first-order valence-corrected chi connectivity index (χ1v) is 11.2. The van der Waals surface area contributed by atoms with E-state index in [2.05, 4.69) is 0 Å². The van der Waals surface area contributed by atoms with Crippen molar-refractivity contribution in [2.45, 2.75) is 70.7 Å². The quantitative estimate of drug-likeness (QED) is 0.495. The minimum Gasteiger partial charge on any atom is -0.467 e. The topological polar surface area (TPSA) is 101 Å². The van der Waals surface area contributed by atoms with E-state index < -0.39 is 35.8 Å². The third-order valence-corrected chi connectivity index (χ3v) is 6.46. The number of esters is 2. The van der Waals surface area contributed by atoms with E-state index in [4.69, 9.17) is 23.7 Å². The van der Waals surface area contributed by atoms with Crippen molar-refractivity contribution in [3.05, 3.63) is 23.8 Å². The van der Waals surface area contributed by atoms with Crippen LogP contribution in [0.15, 0.2) is 18.2 Å². The number of amides is 1. The molecule has 1 saturated carbocycles. The summed E-state index contributed by atoms with van der Waals surface area (Å²) in [5.74, 6) is 0.169. The van der Waals surface area contributed by atoms with E-state index in [0.717, 1.165) is 18.4 Å². The maximum Gasteiger partial charge on any atom is 0.411 e. The summed E-state index contributed by atoms with van der Waals surface area (Å²) in [5, 5.41) is 0. The van der Waals surface area contributed by atoms with Crippen LogP contribution in [-0.2, 0) is 23.8 Å². The summed E-state index contributed by atoms with van der Waals surface area (Å²) in [5.41, 5.74) is 0.0297. The van der Waals surface area contributed by atoms with Gasteiger partial charge in [-0.3, -0.25) is 9.69 Å². The summed E-state index contributed by atoms with van der Waals surface area (Å²) in [6, 6.07) is 4.38. The highest BCUT2D eigenvalue weighted by molar-refractivity contribution is 5.82. The molecule has 1 aromatic carbocycles. The smallest absolute Gasteiger partial charge is 0.411 e. The van der Waals surface area contributed by atoms with Gasteiger partial charge in [-0.2, -0.15) is 0 Å². The normalized spacial score (nSPS) is 26.5. The second-order valence-corrected chi connectivity index (χ2v) is 9.80. The van der Waals surface area contributed by atoms with Gasteiger partial charge < -0.3 is 23.7 Å². The van der Waals surface area contributed by atoms with Crippen molar-refractivity contribution in [1.29, 1.82) is 0 Å². The highest BCUT2D eigenvalue weighted by Gasteiger charge is 2.56. The number of benzene rings is 1. The van der Waals surface area contributed by atoms with Crippen molar-refractivity contribution in [1.82, 2.24) is 4.90 Å². The Morgan fingerprint density at radius 3 is 2.52 bits per heavy atom. The minimum absolute atomic E-state index is 0.0682. The Labute approximate surface area is 193 Å². The zero-order chi connectivity index (χ0) is 23.9. The van der Waals surface area contributed by atoms with Crippen LogP contribution in [0.1, 0.15) is 58.6 Å². The number of methoxy groups -OCH3 is 1. The number of hydrogen-bond acceptors (Lipinski definition) is 8. The first-order valence-electron chi connectivity index (χ1n) is 11.2. The molecule has 9 nitrogen and oxygen atoms in total. The lowest BCUT2D eigenvalue weighted by Gasteiger charge is -2.36. The molecule has 0 N–H and O–H groups in total. The van der Waals surface area contributed by atoms with Gasteiger partial charge in [0.15, 0.2) is 11.5 Å². The molecule has 0 bridgehead atoms. The fourth-order valence-electron chi connectivity index (χ4n) is 5.31. The second kappa shape index (κ2) is 8.76. The number of hydrogen-bond donors (Lipinski definition) is 0. The fraction of sp³-hybridized carbons (Fsp3) is 0.625. The van der Waals surface area contributed by atoms with Crippen LogP contribution in [0.3, 0.4) is 0 Å². The third-order valence-electron chi connectivity index (χ3n) is 6.46. The number of nitrogens with zero attached hydrogens (tertiary/aromatic N) is 1. The van der Waals surface area contributed by atoms with Crippen LogP contribution in [-0.4, -0.2) is 54.5 Å². The lowest BCUT2D eigenvalue weighted by molar-refractivity contribution is -0.152. The third kappa shape index (κ3) is 4.58. The van der Waals surface area contributed by atoms with Crippen LogP contribution in [0.5, 0.6) is 11.5 Å². The molecule has 2 fully saturated rings. The number of fused-ring (bicyclic) bond motifs is 2. The molecule has 1 saturated heterocycles. The van der Waals surface area contributed by atoms with Crippen LogP contribution in [0.4, 0.5) is 4.79 Å². The molecule has 1 amide bonds. The molecule has 0 spiro atoms. The van der Waals surface area contributed by atoms with Crippen molar-refractivity contribution in [2.75, 3.05) is 13.9 Å². The van der Waals surface area contributed by atoms with Crippen LogP contribution < -0.4 is 9.47 Å². The van der Waals surface area contributed by atoms with Gasteiger partial charge in [-0.15, -0.1) is 0 Å². The summed E-state index contributed by atoms with van der Waals surface area (Å²) < 4.78 is 27.4. The van der Waals surface area contributed by atoms with Gasteiger partial charge in [0.25, 0.3) is 0 Å². The van der Waals surface area contributed by atoms with Crippen molar-refractivity contribution in [2.24, 2.45) is 11.8 Å². The summed E-state index contributed by atoms with van der Waals surface area (Å²) >= 11 is 0. The fourth-order valence-corrected chi connectivity index (χ4v) is 5.31. The van der Waals surface area contributed by atoms with Crippen molar-refractivity contribution in [3.8, 4) is 11.5 Å². The second-order valence-electron chi connectivity index (χ2n) is 9.80. The molecule has 1 aliphatic carbocycles. The van der Waals surface area contributed by atoms with Crippen LogP contribution >= 0.6 is 0 Å². The van der Waals surface area contributed by atoms with Crippen LogP contribution in [0.25, 0.3) is 0 Å². The summed E-state index contributed by atoms with van der Waals surface area (Å²) in [6.45, 7) is 6.85. The zero-order valence-electron chi connectivity index (χ0n) is 19.7. The van der Waals surface area contributed by atoms with Gasteiger partial charge in [0.1, 0.15) is 17.7 Å². The summed E-state index contributed by atoms with van der Waals surface area (Å²) in [7, 11) is 1.31. The largest absolute Gasteiger partial charge is 0.467 e. The Bertz CT molecular complexity index is 939. The Morgan fingerprint density at radius 2 is 1.85 bits per heavy atom. The molecule has 3 aliphatic rings. The molecular formula is C24H31NO8. The molecule has 0 radical (unpaired) electrons. The van der Waals surface area contributed by atoms with Gasteiger partial charge in [-0.05, 0) is 63.6 Å². The van der Waals surface area contributed by atoms with Gasteiger partial charge in [0.05, 0.1) is 7.11 Å². The van der Waals surface area contributed by atoms with Crippen molar-refractivity contribution in [3.63, 3.8) is 0 Å². The molecular weight excluding hydrogens is 430 g/mol. The molecule has 9 heteroatoms. The average molecular weight is 462 g/mol. The molecule has 4 rings (SSSR count). The predicted octanol–water partition coefficient (Wildman–Crippen LogP) is 3.60. The summed E-state index contributed by atoms with van der Waals surface area (Å²) in [4.78, 5) is 39.4. The van der Waals surface area contributed by atoms with Gasteiger partial charge >= 0.3 is 18.0 Å². The van der Waals surface area contributed by atoms with E-state index in [-0.39, 0.29) is 24.7 Å². The molecule has 0 unspecified atom stereocenters. The molecule has 33 heavy (non-hydrogen) atoms. The van der Waals surface area contributed by atoms with E-state index >= 15 is 0 Å². The molecule has 1 aromatic rings. The minimum atomic E-state index is -0.739. The van der Waals surface area contributed by atoms with Gasteiger partial charge in [0, 0.05) is 18.9 Å². The maximum absolute atomic E-state index is 13.3.